The van der Waals surface area contributed by atoms with Gasteiger partial charge in [-0.1, -0.05) is 0 Å². The van der Waals surface area contributed by atoms with Gasteiger partial charge in [-0.2, -0.15) is 10.8 Å². The molecule has 7 rings (SSSR count). The second-order valence-corrected chi connectivity index (χ2v) is 11.7. The number of rotatable bonds is 7. The Balaban J connectivity index is 1.10. The number of amides is 1. The first-order valence-electron chi connectivity index (χ1n) is 14.5. The van der Waals surface area contributed by atoms with Crippen molar-refractivity contribution in [3.8, 4) is 0 Å². The zero-order valence-electron chi connectivity index (χ0n) is 22.7. The number of hydrogen-bond donors (Lipinski definition) is 2. The van der Waals surface area contributed by atoms with Crippen LogP contribution in [0.15, 0.2) is 76.4 Å². The molecule has 2 aromatic rings. The molecule has 9 heteroatoms. The third kappa shape index (κ3) is 4.94. The van der Waals surface area contributed by atoms with Crippen LogP contribution >= 0.6 is 0 Å². The number of aliphatic imine (C=N–C) groups is 2. The number of nitrogens with one attached hydrogen (secondary N) is 1. The highest BCUT2D eigenvalue weighted by Crippen LogP contribution is 2.40. The van der Waals surface area contributed by atoms with Crippen LogP contribution in [0.3, 0.4) is 0 Å². The highest BCUT2D eigenvalue weighted by molar-refractivity contribution is 6.05. The molecule has 2 saturated heterocycles. The van der Waals surface area contributed by atoms with Gasteiger partial charge in [-0.05, 0) is 92.4 Å². The van der Waals surface area contributed by atoms with Gasteiger partial charge in [0, 0.05) is 37.4 Å². The minimum atomic E-state index is -0.184. The van der Waals surface area contributed by atoms with E-state index >= 15 is 0 Å². The fourth-order valence-corrected chi connectivity index (χ4v) is 6.39. The Kier molecular flexibility index (Phi) is 6.67. The van der Waals surface area contributed by atoms with Crippen LogP contribution in [0, 0.1) is 11.8 Å². The van der Waals surface area contributed by atoms with E-state index in [0.717, 1.165) is 74.9 Å². The summed E-state index contributed by atoms with van der Waals surface area (Å²) >= 11 is 0. The van der Waals surface area contributed by atoms with Gasteiger partial charge in [-0.3, -0.25) is 9.79 Å². The Labute approximate surface area is 234 Å². The molecule has 4 aliphatic heterocycles. The Bertz CT molecular complexity index is 1420. The van der Waals surface area contributed by atoms with Gasteiger partial charge in [-0.25, -0.2) is 4.98 Å². The molecule has 9 nitrogen and oxygen atoms in total. The largest absolute Gasteiger partial charge is 0.381 e. The van der Waals surface area contributed by atoms with Crippen LogP contribution in [0.4, 0.5) is 5.82 Å². The van der Waals surface area contributed by atoms with E-state index in [1.165, 1.54) is 18.4 Å². The predicted octanol–water partition coefficient (Wildman–Crippen LogP) is 4.18. The number of likely N-dealkylation sites (tertiary alicyclic amines) is 1. The number of anilines is 1. The molecule has 3 atom stereocenters. The molecule has 206 valence electrons. The van der Waals surface area contributed by atoms with E-state index in [1.54, 1.807) is 12.4 Å². The van der Waals surface area contributed by atoms with Crippen LogP contribution in [-0.4, -0.2) is 65.3 Å². The van der Waals surface area contributed by atoms with Crippen LogP contribution in [0.1, 0.15) is 59.5 Å². The maximum absolute atomic E-state index is 13.0. The van der Waals surface area contributed by atoms with E-state index in [1.807, 2.05) is 48.8 Å². The summed E-state index contributed by atoms with van der Waals surface area (Å²) in [6, 6.07) is 11.5. The van der Waals surface area contributed by atoms with Crippen LogP contribution in [0.5, 0.6) is 0 Å². The zero-order valence-corrected chi connectivity index (χ0v) is 22.7. The average Bonchev–Trinajstić information content (AvgIpc) is 3.62. The number of amidine groups is 1. The lowest BCUT2D eigenvalue weighted by atomic mass is 9.92. The summed E-state index contributed by atoms with van der Waals surface area (Å²) in [7, 11) is 0. The van der Waals surface area contributed by atoms with Gasteiger partial charge in [0.1, 0.15) is 17.7 Å². The van der Waals surface area contributed by atoms with Gasteiger partial charge < -0.3 is 15.0 Å². The fraction of sp³-hybridized carbons (Fsp3) is 0.419. The number of quaternary nitrogens is 1. The number of nitrogens with two attached hydrogens (primary N) is 1. The van der Waals surface area contributed by atoms with Crippen molar-refractivity contribution < 1.29 is 14.1 Å². The Hall–Kier alpha value is -3.50. The lowest BCUT2D eigenvalue weighted by molar-refractivity contribution is -0.750. The number of hydrogen-bond acceptors (Lipinski definition) is 7. The smallest absolute Gasteiger partial charge is 0.264 e. The quantitative estimate of drug-likeness (QED) is 0.407. The fourth-order valence-electron chi connectivity index (χ4n) is 6.39. The molecular weight excluding hydrogens is 502 g/mol. The third-order valence-electron chi connectivity index (χ3n) is 8.73. The number of benzene rings is 1. The van der Waals surface area contributed by atoms with Gasteiger partial charge in [0.25, 0.3) is 11.7 Å². The molecule has 3 N–H and O–H groups in total. The van der Waals surface area contributed by atoms with E-state index in [4.69, 9.17) is 15.6 Å². The molecule has 2 unspecified atom stereocenters. The Morgan fingerprint density at radius 3 is 2.80 bits per heavy atom. The van der Waals surface area contributed by atoms with Gasteiger partial charge in [-0.15, -0.1) is 4.59 Å². The molecule has 1 aromatic carbocycles. The van der Waals surface area contributed by atoms with Crippen molar-refractivity contribution in [1.29, 1.82) is 0 Å². The van der Waals surface area contributed by atoms with Crippen molar-refractivity contribution in [3.05, 3.63) is 83.1 Å². The minimum Gasteiger partial charge on any atom is -0.381 e. The standard InChI is InChI=1S/C31H35N7O2/c32-38-14-12-33-17-27(38)29(26-2-1-13-37(19-26)18-21-10-15-40-20-21)36-30(38)23-5-7-24(8-6-23)31(39)35-28-16-25(9-11-34-28)22-3-4-22/h5-9,11-12,14,16-17,21-22,26H,1-4,10,13,15,18-20,32H2/p+1/t21?,26-,38?/m1/s1. The molecule has 3 fully saturated rings. The molecule has 1 aromatic heterocycles. The van der Waals surface area contributed by atoms with Crippen molar-refractivity contribution in [3.63, 3.8) is 0 Å². The summed E-state index contributed by atoms with van der Waals surface area (Å²) in [5.74, 6) is 9.68. The van der Waals surface area contributed by atoms with E-state index < -0.39 is 0 Å². The second-order valence-electron chi connectivity index (χ2n) is 11.7. The summed E-state index contributed by atoms with van der Waals surface area (Å²) in [5.41, 5.74) is 4.64. The summed E-state index contributed by atoms with van der Waals surface area (Å²) in [6.45, 7) is 4.92. The number of ether oxygens (including phenoxy) is 1. The number of carbonyl (C=O) groups excluding carboxylic acids is 1. The third-order valence-corrected chi connectivity index (χ3v) is 8.73. The molecule has 1 amide bonds. The van der Waals surface area contributed by atoms with E-state index in [2.05, 4.69) is 20.2 Å². The number of aromatic nitrogens is 1. The Morgan fingerprint density at radius 1 is 1.12 bits per heavy atom. The van der Waals surface area contributed by atoms with E-state index in [0.29, 0.717) is 29.1 Å². The normalized spacial score (nSPS) is 28.1. The van der Waals surface area contributed by atoms with Crippen molar-refractivity contribution in [2.24, 2.45) is 27.7 Å². The first kappa shape index (κ1) is 25.5. The van der Waals surface area contributed by atoms with Crippen molar-refractivity contribution >= 4 is 23.8 Å². The van der Waals surface area contributed by atoms with Crippen LogP contribution in [-0.2, 0) is 4.74 Å². The second kappa shape index (κ2) is 10.5. The number of allylic oxidation sites excluding steroid dienone is 1. The predicted molar refractivity (Wildman–Crippen MR) is 154 cm³/mol. The molecule has 1 aliphatic carbocycles. The number of fused-ring (bicyclic) bond motifs is 1. The zero-order chi connectivity index (χ0) is 27.1. The van der Waals surface area contributed by atoms with Crippen molar-refractivity contribution in [1.82, 2.24) is 9.88 Å². The monoisotopic (exact) mass is 538 g/mol. The maximum atomic E-state index is 13.0. The highest BCUT2D eigenvalue weighted by Gasteiger charge is 2.46. The van der Waals surface area contributed by atoms with Gasteiger partial charge >= 0.3 is 0 Å². The maximum Gasteiger partial charge on any atom is 0.264 e. The number of carbonyl (C=O) groups is 1. The SMILES string of the molecule is N[N+]12C=CN=CC1=C([C@@H]1CCCN(CC3CCOC3)C1)N=C2c1ccc(C(=O)Nc2cc(C3CC3)ccn2)cc1. The minimum absolute atomic E-state index is 0.00474. The van der Waals surface area contributed by atoms with Crippen LogP contribution in [0.25, 0.3) is 0 Å². The number of piperidine rings is 1. The summed E-state index contributed by atoms with van der Waals surface area (Å²) < 4.78 is 5.61. The molecule has 0 bridgehead atoms. The number of nitrogens with zero attached hydrogens (tertiary/aromatic N) is 5. The Morgan fingerprint density at radius 2 is 2.00 bits per heavy atom. The summed E-state index contributed by atoms with van der Waals surface area (Å²) in [6.07, 6.45) is 13.0. The van der Waals surface area contributed by atoms with Crippen molar-refractivity contribution in [2.75, 3.05) is 38.2 Å². The molecule has 5 aliphatic rings. The topological polar surface area (TPSA) is 105 Å². The summed E-state index contributed by atoms with van der Waals surface area (Å²) in [5, 5.41) is 2.94. The lowest BCUT2D eigenvalue weighted by Crippen LogP contribution is -2.53. The molecule has 5 heterocycles. The van der Waals surface area contributed by atoms with Gasteiger partial charge in [0.2, 0.25) is 5.70 Å². The van der Waals surface area contributed by atoms with Crippen LogP contribution in [0.2, 0.25) is 0 Å². The highest BCUT2D eigenvalue weighted by atomic mass is 16.5. The van der Waals surface area contributed by atoms with Crippen LogP contribution < -0.4 is 11.2 Å². The van der Waals surface area contributed by atoms with E-state index in [9.17, 15) is 4.79 Å². The van der Waals surface area contributed by atoms with Gasteiger partial charge in [0.05, 0.1) is 24.6 Å². The molecule has 40 heavy (non-hydrogen) atoms. The molecular formula is C31H36N7O2+. The van der Waals surface area contributed by atoms with E-state index in [-0.39, 0.29) is 10.5 Å². The lowest BCUT2D eigenvalue weighted by Gasteiger charge is -2.34. The average molecular weight is 539 g/mol. The van der Waals surface area contributed by atoms with Crippen molar-refractivity contribution in [2.45, 2.75) is 38.0 Å². The molecule has 0 radical (unpaired) electrons. The molecule has 0 spiro atoms. The molecule has 1 saturated carbocycles. The number of pyridine rings is 1. The summed E-state index contributed by atoms with van der Waals surface area (Å²) in [4.78, 5) is 29.5. The first-order valence-corrected chi connectivity index (χ1v) is 14.5. The first-order chi connectivity index (χ1) is 19.6. The van der Waals surface area contributed by atoms with Gasteiger partial charge in [0.15, 0.2) is 0 Å².